The van der Waals surface area contributed by atoms with E-state index in [1.165, 1.54) is 25.5 Å². The van der Waals surface area contributed by atoms with E-state index in [-0.39, 0.29) is 35.2 Å². The van der Waals surface area contributed by atoms with Crippen LogP contribution in [0, 0.1) is 0 Å². The molecule has 1 atom stereocenters. The Kier molecular flexibility index (Phi) is 16.3. The molecule has 15 heteroatoms. The van der Waals surface area contributed by atoms with E-state index in [2.05, 4.69) is 30.8 Å². The van der Waals surface area contributed by atoms with Gasteiger partial charge < -0.3 is 30.5 Å². The number of carbonyl (C=O) groups is 2. The standard InChI is InChI=1S/C40H55Cl2N7O5S/c1-29(2)55(52,53)36-17-9-8-16-34(36)46-39-33(42)26-44-40(47-39)45-31-15-13-22-48(27-31)21-11-7-5-3-4-6-10-20-43-37(50)28-54-32-18-19-35-30(24-32)14-12-23-49(35)38(51)25-41/h8-9,16-19,24,26,29,31H,3-7,10-15,20-23,25,27-28H2,1-2H3,(H,43,50)(H2,44,45,46,47)/t31-/m1/s1. The minimum atomic E-state index is -3.51. The van der Waals surface area contributed by atoms with Crippen molar-refractivity contribution in [2.24, 2.45) is 0 Å². The zero-order chi connectivity index (χ0) is 39.2. The smallest absolute Gasteiger partial charge is 0.257 e. The minimum absolute atomic E-state index is 0.0335. The first-order valence-electron chi connectivity index (χ1n) is 19.5. The Labute approximate surface area is 336 Å². The van der Waals surface area contributed by atoms with Gasteiger partial charge in [0.25, 0.3) is 5.91 Å². The normalized spacial score (nSPS) is 16.1. The molecule has 0 aliphatic carbocycles. The number of para-hydroxylation sites is 1. The van der Waals surface area contributed by atoms with Crippen LogP contribution in [0.1, 0.15) is 83.6 Å². The molecule has 2 amide bonds. The van der Waals surface area contributed by atoms with Crippen molar-refractivity contribution in [3.63, 3.8) is 0 Å². The summed E-state index contributed by atoms with van der Waals surface area (Å²) in [7, 11) is -3.51. The van der Waals surface area contributed by atoms with Gasteiger partial charge in [0.1, 0.15) is 16.7 Å². The predicted molar refractivity (Wildman–Crippen MR) is 221 cm³/mol. The van der Waals surface area contributed by atoms with Crippen LogP contribution in [0.3, 0.4) is 0 Å². The second kappa shape index (κ2) is 21.0. The zero-order valence-corrected chi connectivity index (χ0v) is 34.3. The maximum Gasteiger partial charge on any atom is 0.257 e. The van der Waals surface area contributed by atoms with Gasteiger partial charge in [-0.25, -0.2) is 13.4 Å². The number of nitrogens with zero attached hydrogens (tertiary/aromatic N) is 4. The number of unbranched alkanes of at least 4 members (excludes halogenated alkanes) is 6. The molecule has 0 radical (unpaired) electrons. The molecule has 3 aromatic rings. The molecule has 0 saturated carbocycles. The Hall–Kier alpha value is -3.65. The molecule has 2 aromatic carbocycles. The molecule has 2 aliphatic rings. The lowest BCUT2D eigenvalue weighted by molar-refractivity contribution is -0.123. The summed E-state index contributed by atoms with van der Waals surface area (Å²) in [5.74, 6) is 1.16. The molecule has 5 rings (SSSR count). The highest BCUT2D eigenvalue weighted by Crippen LogP contribution is 2.32. The summed E-state index contributed by atoms with van der Waals surface area (Å²) in [6, 6.07) is 12.6. The molecule has 0 spiro atoms. The van der Waals surface area contributed by atoms with Crippen molar-refractivity contribution >= 4 is 68.0 Å². The van der Waals surface area contributed by atoms with E-state index in [9.17, 15) is 18.0 Å². The number of carbonyl (C=O) groups excluding carboxylic acids is 2. The van der Waals surface area contributed by atoms with Gasteiger partial charge in [-0.05, 0) is 101 Å². The molecule has 1 fully saturated rings. The van der Waals surface area contributed by atoms with Crippen LogP contribution in [0.4, 0.5) is 23.1 Å². The third kappa shape index (κ3) is 12.4. The maximum absolute atomic E-state index is 12.9. The molecule has 1 aromatic heterocycles. The first-order valence-corrected chi connectivity index (χ1v) is 22.0. The number of aromatic nitrogens is 2. The minimum Gasteiger partial charge on any atom is -0.484 e. The van der Waals surface area contributed by atoms with Gasteiger partial charge in [-0.3, -0.25) is 9.59 Å². The lowest BCUT2D eigenvalue weighted by atomic mass is 10.0. The molecule has 1 saturated heterocycles. The van der Waals surface area contributed by atoms with Crippen LogP contribution in [-0.4, -0.2) is 91.6 Å². The molecule has 2 aliphatic heterocycles. The number of amides is 2. The van der Waals surface area contributed by atoms with Gasteiger partial charge in [-0.15, -0.1) is 11.6 Å². The van der Waals surface area contributed by atoms with E-state index in [0.29, 0.717) is 41.3 Å². The van der Waals surface area contributed by atoms with Crippen LogP contribution in [0.25, 0.3) is 0 Å². The van der Waals surface area contributed by atoms with Gasteiger partial charge in [-0.2, -0.15) is 4.98 Å². The number of alkyl halides is 1. The number of benzene rings is 2. The van der Waals surface area contributed by atoms with Crippen molar-refractivity contribution in [1.82, 2.24) is 20.2 Å². The fourth-order valence-electron chi connectivity index (χ4n) is 7.05. The van der Waals surface area contributed by atoms with Crippen LogP contribution in [-0.2, 0) is 25.8 Å². The number of rotatable bonds is 20. The van der Waals surface area contributed by atoms with E-state index >= 15 is 0 Å². The van der Waals surface area contributed by atoms with Crippen molar-refractivity contribution < 1.29 is 22.7 Å². The first-order chi connectivity index (χ1) is 26.5. The van der Waals surface area contributed by atoms with Gasteiger partial charge in [0.05, 0.1) is 22.0 Å². The monoisotopic (exact) mass is 815 g/mol. The lowest BCUT2D eigenvalue weighted by Crippen LogP contribution is -2.42. The Morgan fingerprint density at radius 2 is 1.76 bits per heavy atom. The van der Waals surface area contributed by atoms with Crippen LogP contribution in [0.5, 0.6) is 5.75 Å². The SMILES string of the molecule is CC(C)S(=O)(=O)c1ccccc1Nc1nc(N[C@@H]2CCCN(CCCCCCCCCNC(=O)COc3ccc4c(c3)CCCN4C(=O)CCl)C2)ncc1Cl. The molecule has 300 valence electrons. The van der Waals surface area contributed by atoms with Gasteiger partial charge in [0.15, 0.2) is 22.3 Å². The average Bonchev–Trinajstić information content (AvgIpc) is 3.18. The summed E-state index contributed by atoms with van der Waals surface area (Å²) in [6.45, 7) is 7.64. The molecular weight excluding hydrogens is 761 g/mol. The van der Waals surface area contributed by atoms with Crippen LogP contribution in [0.15, 0.2) is 53.6 Å². The summed E-state index contributed by atoms with van der Waals surface area (Å²) < 4.78 is 31.6. The van der Waals surface area contributed by atoms with Crippen molar-refractivity contribution in [3.8, 4) is 5.75 Å². The van der Waals surface area contributed by atoms with E-state index < -0.39 is 15.1 Å². The van der Waals surface area contributed by atoms with E-state index in [1.807, 2.05) is 12.1 Å². The molecule has 12 nitrogen and oxygen atoms in total. The third-order valence-electron chi connectivity index (χ3n) is 10.1. The molecule has 0 bridgehead atoms. The molecular formula is C40H55Cl2N7O5S. The fraction of sp³-hybridized carbons (Fsp3) is 0.550. The van der Waals surface area contributed by atoms with E-state index in [4.69, 9.17) is 27.9 Å². The van der Waals surface area contributed by atoms with Gasteiger partial charge in [-0.1, -0.05) is 55.8 Å². The third-order valence-corrected chi connectivity index (χ3v) is 12.8. The molecule has 3 N–H and O–H groups in total. The Balaban J connectivity index is 0.926. The number of anilines is 4. The average molecular weight is 817 g/mol. The Morgan fingerprint density at radius 3 is 2.55 bits per heavy atom. The number of likely N-dealkylation sites (tertiary alicyclic amines) is 1. The number of hydrogen-bond donors (Lipinski definition) is 3. The molecule has 0 unspecified atom stereocenters. The van der Waals surface area contributed by atoms with E-state index in [0.717, 1.165) is 82.3 Å². The number of sulfone groups is 1. The quantitative estimate of drug-likeness (QED) is 0.0781. The largest absolute Gasteiger partial charge is 0.484 e. The zero-order valence-electron chi connectivity index (χ0n) is 32.0. The number of fused-ring (bicyclic) bond motifs is 1. The Morgan fingerprint density at radius 1 is 1.00 bits per heavy atom. The number of halogens is 2. The van der Waals surface area contributed by atoms with Crippen molar-refractivity contribution in [3.05, 3.63) is 59.2 Å². The fourth-order valence-corrected chi connectivity index (χ4v) is 8.53. The van der Waals surface area contributed by atoms with Crippen molar-refractivity contribution in [2.75, 3.05) is 60.7 Å². The van der Waals surface area contributed by atoms with Crippen LogP contribution in [0.2, 0.25) is 5.02 Å². The highest BCUT2D eigenvalue weighted by molar-refractivity contribution is 7.92. The summed E-state index contributed by atoms with van der Waals surface area (Å²) in [6.07, 6.45) is 13.3. The second-order valence-electron chi connectivity index (χ2n) is 14.6. The maximum atomic E-state index is 12.9. The topological polar surface area (TPSA) is 146 Å². The predicted octanol–water partition coefficient (Wildman–Crippen LogP) is 7.38. The number of nitrogens with one attached hydrogen (secondary N) is 3. The number of aryl methyl sites for hydroxylation is 1. The van der Waals surface area contributed by atoms with E-state index in [1.54, 1.807) is 49.1 Å². The van der Waals surface area contributed by atoms with Gasteiger partial charge >= 0.3 is 0 Å². The Bertz CT molecular complexity index is 1850. The first kappa shape index (κ1) is 42.5. The summed E-state index contributed by atoms with van der Waals surface area (Å²) in [4.78, 5) is 37.9. The summed E-state index contributed by atoms with van der Waals surface area (Å²) in [5, 5.41) is 9.30. The number of hydrogen-bond acceptors (Lipinski definition) is 10. The summed E-state index contributed by atoms with van der Waals surface area (Å²) >= 11 is 12.2. The highest BCUT2D eigenvalue weighted by Gasteiger charge is 2.25. The van der Waals surface area contributed by atoms with Crippen molar-refractivity contribution in [1.29, 1.82) is 0 Å². The lowest BCUT2D eigenvalue weighted by Gasteiger charge is -2.33. The highest BCUT2D eigenvalue weighted by atomic mass is 35.5. The molecule has 3 heterocycles. The van der Waals surface area contributed by atoms with Crippen molar-refractivity contribution in [2.45, 2.75) is 101 Å². The van der Waals surface area contributed by atoms with Gasteiger partial charge in [0, 0.05) is 31.4 Å². The van der Waals surface area contributed by atoms with Crippen LogP contribution >= 0.6 is 23.2 Å². The second-order valence-corrected chi connectivity index (χ2v) is 17.7. The molecule has 55 heavy (non-hydrogen) atoms. The number of ether oxygens (including phenoxy) is 1. The summed E-state index contributed by atoms with van der Waals surface area (Å²) in [5.41, 5.74) is 2.34. The number of piperidine rings is 1. The van der Waals surface area contributed by atoms with Gasteiger partial charge in [0.2, 0.25) is 11.9 Å². The van der Waals surface area contributed by atoms with Crippen LogP contribution < -0.4 is 25.6 Å².